The van der Waals surface area contributed by atoms with Crippen molar-refractivity contribution in [2.45, 2.75) is 32.9 Å². The number of nitrogen functional groups attached to an aromatic ring is 1. The number of aryl methyl sites for hydroxylation is 2. The summed E-state index contributed by atoms with van der Waals surface area (Å²) in [5.74, 6) is 1.81. The fraction of sp³-hybridized carbons (Fsp3) is 0.400. The van der Waals surface area contributed by atoms with E-state index in [1.54, 1.807) is 24.1 Å². The second-order valence-electron chi connectivity index (χ2n) is 5.52. The van der Waals surface area contributed by atoms with Crippen molar-refractivity contribution < 1.29 is 4.79 Å². The summed E-state index contributed by atoms with van der Waals surface area (Å²) >= 11 is 0. The van der Waals surface area contributed by atoms with Gasteiger partial charge in [0.25, 0.3) is 5.91 Å². The molecule has 0 saturated heterocycles. The van der Waals surface area contributed by atoms with Crippen molar-refractivity contribution in [2.75, 3.05) is 12.8 Å². The first kappa shape index (κ1) is 13.6. The highest BCUT2D eigenvalue weighted by Gasteiger charge is 2.20. The molecule has 1 aliphatic rings. The topological polar surface area (TPSA) is 77.0 Å². The summed E-state index contributed by atoms with van der Waals surface area (Å²) in [4.78, 5) is 14.1. The third-order valence-electron chi connectivity index (χ3n) is 3.94. The third kappa shape index (κ3) is 2.49. The van der Waals surface area contributed by atoms with Gasteiger partial charge in [0.2, 0.25) is 0 Å². The van der Waals surface area contributed by atoms with Crippen LogP contribution in [-0.4, -0.2) is 32.6 Å². The maximum absolute atomic E-state index is 12.4. The number of anilines is 1. The molecule has 1 aromatic carbocycles. The van der Waals surface area contributed by atoms with Crippen LogP contribution in [0.3, 0.4) is 0 Å². The minimum atomic E-state index is -0.0583. The van der Waals surface area contributed by atoms with Gasteiger partial charge in [-0.15, -0.1) is 10.2 Å². The first-order chi connectivity index (χ1) is 10.1. The van der Waals surface area contributed by atoms with Crippen LogP contribution in [-0.2, 0) is 19.5 Å². The lowest BCUT2D eigenvalue weighted by atomic mass is 10.1. The molecule has 0 bridgehead atoms. The van der Waals surface area contributed by atoms with Gasteiger partial charge in [0.1, 0.15) is 5.82 Å². The van der Waals surface area contributed by atoms with Crippen LogP contribution in [0.4, 0.5) is 5.69 Å². The molecule has 2 aromatic rings. The number of amides is 1. The number of hydrogen-bond donors (Lipinski definition) is 1. The molecule has 0 saturated carbocycles. The summed E-state index contributed by atoms with van der Waals surface area (Å²) in [5.41, 5.74) is 8.08. The Morgan fingerprint density at radius 1 is 1.43 bits per heavy atom. The second-order valence-corrected chi connectivity index (χ2v) is 5.52. The van der Waals surface area contributed by atoms with Gasteiger partial charge in [-0.2, -0.15) is 0 Å². The second kappa shape index (κ2) is 5.20. The van der Waals surface area contributed by atoms with Crippen LogP contribution < -0.4 is 5.73 Å². The largest absolute Gasteiger partial charge is 0.398 e. The SMILES string of the molecule is Cc1ccc(C(=O)N(C)Cc2nnc3n2CCC3)cc1N. The van der Waals surface area contributed by atoms with Crippen molar-refractivity contribution in [3.8, 4) is 0 Å². The summed E-state index contributed by atoms with van der Waals surface area (Å²) in [5, 5.41) is 8.34. The van der Waals surface area contributed by atoms with Crippen LogP contribution in [0.25, 0.3) is 0 Å². The van der Waals surface area contributed by atoms with Gasteiger partial charge in [-0.3, -0.25) is 4.79 Å². The van der Waals surface area contributed by atoms with Gasteiger partial charge < -0.3 is 15.2 Å². The lowest BCUT2D eigenvalue weighted by Crippen LogP contribution is -2.27. The summed E-state index contributed by atoms with van der Waals surface area (Å²) in [6, 6.07) is 5.40. The fourth-order valence-electron chi connectivity index (χ4n) is 2.61. The average Bonchev–Trinajstić information content (AvgIpc) is 3.06. The number of rotatable bonds is 3. The molecule has 0 fully saturated rings. The predicted octanol–water partition coefficient (Wildman–Crippen LogP) is 1.39. The summed E-state index contributed by atoms with van der Waals surface area (Å²) < 4.78 is 2.10. The van der Waals surface area contributed by atoms with Gasteiger partial charge >= 0.3 is 0 Å². The molecular formula is C15H19N5O. The van der Waals surface area contributed by atoms with Crippen molar-refractivity contribution in [3.05, 3.63) is 41.0 Å². The Bertz CT molecular complexity index is 691. The Kier molecular flexibility index (Phi) is 3.37. The average molecular weight is 285 g/mol. The number of aromatic nitrogens is 3. The smallest absolute Gasteiger partial charge is 0.254 e. The number of nitrogens with zero attached hydrogens (tertiary/aromatic N) is 4. The zero-order valence-corrected chi connectivity index (χ0v) is 12.3. The van der Waals surface area contributed by atoms with E-state index < -0.39 is 0 Å². The highest BCUT2D eigenvalue weighted by atomic mass is 16.2. The number of fused-ring (bicyclic) bond motifs is 1. The Labute approximate surface area is 123 Å². The lowest BCUT2D eigenvalue weighted by Gasteiger charge is -2.17. The maximum Gasteiger partial charge on any atom is 0.254 e. The Morgan fingerprint density at radius 3 is 3.00 bits per heavy atom. The quantitative estimate of drug-likeness (QED) is 0.864. The molecule has 2 N–H and O–H groups in total. The van der Waals surface area contributed by atoms with Crippen LogP contribution in [0.5, 0.6) is 0 Å². The monoisotopic (exact) mass is 285 g/mol. The van der Waals surface area contributed by atoms with E-state index in [1.165, 1.54) is 0 Å². The van der Waals surface area contributed by atoms with E-state index in [0.29, 0.717) is 17.8 Å². The molecule has 1 amide bonds. The van der Waals surface area contributed by atoms with E-state index in [2.05, 4.69) is 14.8 Å². The first-order valence-corrected chi connectivity index (χ1v) is 7.09. The van der Waals surface area contributed by atoms with Crippen molar-refractivity contribution >= 4 is 11.6 Å². The van der Waals surface area contributed by atoms with E-state index in [4.69, 9.17) is 5.73 Å². The molecule has 110 valence electrons. The standard InChI is InChI=1S/C15H19N5O/c1-10-5-6-11(8-12(10)16)15(21)19(2)9-14-18-17-13-4-3-7-20(13)14/h5-6,8H,3-4,7,9,16H2,1-2H3. The molecule has 3 rings (SSSR count). The van der Waals surface area contributed by atoms with E-state index in [-0.39, 0.29) is 5.91 Å². The van der Waals surface area contributed by atoms with Crippen LogP contribution in [0, 0.1) is 6.92 Å². The molecule has 0 unspecified atom stereocenters. The maximum atomic E-state index is 12.4. The van der Waals surface area contributed by atoms with Crippen molar-refractivity contribution in [2.24, 2.45) is 0 Å². The van der Waals surface area contributed by atoms with Crippen LogP contribution in [0.2, 0.25) is 0 Å². The predicted molar refractivity (Wildman–Crippen MR) is 79.7 cm³/mol. The zero-order chi connectivity index (χ0) is 15.0. The van der Waals surface area contributed by atoms with Gasteiger partial charge in [0.15, 0.2) is 5.82 Å². The molecule has 1 aliphatic heterocycles. The van der Waals surface area contributed by atoms with Crippen molar-refractivity contribution in [1.29, 1.82) is 0 Å². The third-order valence-corrected chi connectivity index (χ3v) is 3.94. The molecule has 0 atom stereocenters. The van der Waals surface area contributed by atoms with Crippen LogP contribution >= 0.6 is 0 Å². The normalized spacial score (nSPS) is 13.2. The lowest BCUT2D eigenvalue weighted by molar-refractivity contribution is 0.0780. The molecular weight excluding hydrogens is 266 g/mol. The first-order valence-electron chi connectivity index (χ1n) is 7.09. The molecule has 6 heteroatoms. The van der Waals surface area contributed by atoms with Crippen LogP contribution in [0.1, 0.15) is 34.0 Å². The highest BCUT2D eigenvalue weighted by Crippen LogP contribution is 2.17. The summed E-state index contributed by atoms with van der Waals surface area (Å²) in [7, 11) is 1.77. The molecule has 21 heavy (non-hydrogen) atoms. The van der Waals surface area contributed by atoms with E-state index >= 15 is 0 Å². The Morgan fingerprint density at radius 2 is 2.24 bits per heavy atom. The minimum absolute atomic E-state index is 0.0583. The Hall–Kier alpha value is -2.37. The van der Waals surface area contributed by atoms with Gasteiger partial charge in [-0.1, -0.05) is 6.07 Å². The number of carbonyl (C=O) groups is 1. The Balaban J connectivity index is 1.76. The summed E-state index contributed by atoms with van der Waals surface area (Å²) in [6.07, 6.45) is 2.07. The van der Waals surface area contributed by atoms with Gasteiger partial charge in [-0.25, -0.2) is 0 Å². The van der Waals surface area contributed by atoms with Gasteiger partial charge in [-0.05, 0) is 31.0 Å². The molecule has 0 radical (unpaired) electrons. The van der Waals surface area contributed by atoms with E-state index in [0.717, 1.165) is 36.6 Å². The van der Waals surface area contributed by atoms with Crippen molar-refractivity contribution in [3.63, 3.8) is 0 Å². The van der Waals surface area contributed by atoms with E-state index in [1.807, 2.05) is 13.0 Å². The molecule has 2 heterocycles. The van der Waals surface area contributed by atoms with Gasteiger partial charge in [0.05, 0.1) is 6.54 Å². The zero-order valence-electron chi connectivity index (χ0n) is 12.3. The molecule has 0 aliphatic carbocycles. The van der Waals surface area contributed by atoms with Gasteiger partial charge in [0, 0.05) is 31.3 Å². The number of hydrogen-bond acceptors (Lipinski definition) is 4. The summed E-state index contributed by atoms with van der Waals surface area (Å²) in [6.45, 7) is 3.32. The molecule has 0 spiro atoms. The number of benzene rings is 1. The number of carbonyl (C=O) groups excluding carboxylic acids is 1. The molecule has 6 nitrogen and oxygen atoms in total. The fourth-order valence-corrected chi connectivity index (χ4v) is 2.61. The van der Waals surface area contributed by atoms with Crippen LogP contribution in [0.15, 0.2) is 18.2 Å². The van der Waals surface area contributed by atoms with E-state index in [9.17, 15) is 4.79 Å². The molecule has 1 aromatic heterocycles. The highest BCUT2D eigenvalue weighted by molar-refractivity contribution is 5.95. The number of nitrogens with two attached hydrogens (primary N) is 1. The van der Waals surface area contributed by atoms with Crippen molar-refractivity contribution in [1.82, 2.24) is 19.7 Å². The minimum Gasteiger partial charge on any atom is -0.398 e.